The second-order valence-electron chi connectivity index (χ2n) is 4.70. The Morgan fingerprint density at radius 1 is 1.33 bits per heavy atom. The van der Waals surface area contributed by atoms with Crippen LogP contribution in [-0.2, 0) is 0 Å². The molecule has 82 valence electrons. The molecule has 3 heteroatoms. The van der Waals surface area contributed by atoms with E-state index in [9.17, 15) is 4.79 Å². The van der Waals surface area contributed by atoms with Crippen molar-refractivity contribution in [3.63, 3.8) is 0 Å². The minimum atomic E-state index is -0.212. The highest BCUT2D eigenvalue weighted by Crippen LogP contribution is 2.15. The first-order chi connectivity index (χ1) is 6.79. The molecule has 0 heterocycles. The quantitative estimate of drug-likeness (QED) is 0.704. The molecule has 0 bridgehead atoms. The largest absolute Gasteiger partial charge is 0.347 e. The zero-order valence-electron chi connectivity index (χ0n) is 9.59. The molecule has 2 nitrogen and oxygen atoms in total. The van der Waals surface area contributed by atoms with E-state index in [-0.39, 0.29) is 11.4 Å². The summed E-state index contributed by atoms with van der Waals surface area (Å²) >= 11 is 4.23. The van der Waals surface area contributed by atoms with Gasteiger partial charge < -0.3 is 5.32 Å². The van der Waals surface area contributed by atoms with Crippen LogP contribution < -0.4 is 5.32 Å². The van der Waals surface area contributed by atoms with Gasteiger partial charge in [0.1, 0.15) is 0 Å². The molecule has 0 saturated heterocycles. The molecule has 0 fully saturated rings. The van der Waals surface area contributed by atoms with Gasteiger partial charge in [-0.2, -0.15) is 0 Å². The van der Waals surface area contributed by atoms with Gasteiger partial charge in [-0.1, -0.05) is 6.07 Å². The van der Waals surface area contributed by atoms with Crippen LogP contribution in [0.5, 0.6) is 0 Å². The number of amides is 1. The van der Waals surface area contributed by atoms with Crippen molar-refractivity contribution in [3.8, 4) is 0 Å². The molecule has 15 heavy (non-hydrogen) atoms. The summed E-state index contributed by atoms with van der Waals surface area (Å²) < 4.78 is 0. The summed E-state index contributed by atoms with van der Waals surface area (Å²) in [6, 6.07) is 5.58. The van der Waals surface area contributed by atoms with Crippen LogP contribution in [-0.4, -0.2) is 11.4 Å². The standard InChI is InChI=1S/C12H17NOS/c1-8-5-6-9(15)7-10(8)11(14)13-12(2,3)4/h5-7,15H,1-4H3,(H,13,14). The van der Waals surface area contributed by atoms with Gasteiger partial charge in [-0.05, 0) is 45.4 Å². The Morgan fingerprint density at radius 2 is 1.93 bits per heavy atom. The third-order valence-corrected chi connectivity index (χ3v) is 2.23. The molecule has 0 atom stereocenters. The summed E-state index contributed by atoms with van der Waals surface area (Å²) in [5.74, 6) is -0.0455. The first-order valence-corrected chi connectivity index (χ1v) is 5.36. The van der Waals surface area contributed by atoms with E-state index < -0.39 is 0 Å². The Morgan fingerprint density at radius 3 is 2.47 bits per heavy atom. The van der Waals surface area contributed by atoms with Crippen LogP contribution in [0.4, 0.5) is 0 Å². The lowest BCUT2D eigenvalue weighted by Gasteiger charge is -2.21. The minimum Gasteiger partial charge on any atom is -0.347 e. The monoisotopic (exact) mass is 223 g/mol. The molecule has 1 N–H and O–H groups in total. The molecule has 1 amide bonds. The molecule has 1 aromatic carbocycles. The van der Waals surface area contributed by atoms with Crippen molar-refractivity contribution in [2.45, 2.75) is 38.1 Å². The summed E-state index contributed by atoms with van der Waals surface area (Å²) in [6.07, 6.45) is 0. The van der Waals surface area contributed by atoms with Crippen LogP contribution in [0.15, 0.2) is 23.1 Å². The number of benzene rings is 1. The molecule has 1 aromatic rings. The lowest BCUT2D eigenvalue weighted by molar-refractivity contribution is 0.0918. The van der Waals surface area contributed by atoms with Crippen LogP contribution in [0.25, 0.3) is 0 Å². The van der Waals surface area contributed by atoms with E-state index >= 15 is 0 Å². The van der Waals surface area contributed by atoms with Crippen molar-refractivity contribution in [1.82, 2.24) is 5.32 Å². The summed E-state index contributed by atoms with van der Waals surface area (Å²) in [7, 11) is 0. The number of hydrogen-bond acceptors (Lipinski definition) is 2. The maximum absolute atomic E-state index is 11.9. The number of thiol groups is 1. The fourth-order valence-corrected chi connectivity index (χ4v) is 1.47. The fraction of sp³-hybridized carbons (Fsp3) is 0.417. The number of carbonyl (C=O) groups is 1. The molecule has 1 rings (SSSR count). The van der Waals surface area contributed by atoms with Crippen molar-refractivity contribution in [2.24, 2.45) is 0 Å². The van der Waals surface area contributed by atoms with E-state index in [1.807, 2.05) is 39.8 Å². The van der Waals surface area contributed by atoms with Gasteiger partial charge in [0.15, 0.2) is 0 Å². The van der Waals surface area contributed by atoms with Crippen molar-refractivity contribution >= 4 is 18.5 Å². The van der Waals surface area contributed by atoms with E-state index in [0.717, 1.165) is 10.5 Å². The second kappa shape index (κ2) is 4.27. The zero-order valence-corrected chi connectivity index (χ0v) is 10.5. The maximum Gasteiger partial charge on any atom is 0.251 e. The average molecular weight is 223 g/mol. The topological polar surface area (TPSA) is 29.1 Å². The third-order valence-electron chi connectivity index (χ3n) is 1.95. The number of carbonyl (C=O) groups excluding carboxylic acids is 1. The Kier molecular flexibility index (Phi) is 3.45. The zero-order chi connectivity index (χ0) is 11.6. The first-order valence-electron chi connectivity index (χ1n) is 4.92. The molecule has 0 aromatic heterocycles. The highest BCUT2D eigenvalue weighted by Gasteiger charge is 2.16. The van der Waals surface area contributed by atoms with Crippen LogP contribution in [0.1, 0.15) is 36.7 Å². The van der Waals surface area contributed by atoms with Crippen LogP contribution in [0, 0.1) is 6.92 Å². The molecule has 0 aliphatic carbocycles. The molecule has 0 radical (unpaired) electrons. The molecule has 0 unspecified atom stereocenters. The summed E-state index contributed by atoms with van der Waals surface area (Å²) in [5, 5.41) is 2.93. The molecular weight excluding hydrogens is 206 g/mol. The Balaban J connectivity index is 2.96. The van der Waals surface area contributed by atoms with Gasteiger partial charge in [-0.15, -0.1) is 12.6 Å². The van der Waals surface area contributed by atoms with Crippen LogP contribution in [0.2, 0.25) is 0 Å². The van der Waals surface area contributed by atoms with Gasteiger partial charge in [0.2, 0.25) is 0 Å². The van der Waals surface area contributed by atoms with E-state index in [0.29, 0.717) is 5.56 Å². The van der Waals surface area contributed by atoms with E-state index in [1.54, 1.807) is 6.07 Å². The maximum atomic E-state index is 11.9. The molecular formula is C12H17NOS. The van der Waals surface area contributed by atoms with Gasteiger partial charge >= 0.3 is 0 Å². The Hall–Kier alpha value is -0.960. The van der Waals surface area contributed by atoms with Gasteiger partial charge in [-0.25, -0.2) is 0 Å². The smallest absolute Gasteiger partial charge is 0.251 e. The van der Waals surface area contributed by atoms with Gasteiger partial charge in [-0.3, -0.25) is 4.79 Å². The number of aryl methyl sites for hydroxylation is 1. The number of hydrogen-bond donors (Lipinski definition) is 2. The molecule has 0 aliphatic heterocycles. The Bertz CT molecular complexity index is 380. The Labute approximate surface area is 96.5 Å². The number of nitrogens with one attached hydrogen (secondary N) is 1. The van der Waals surface area contributed by atoms with E-state index in [2.05, 4.69) is 17.9 Å². The number of rotatable bonds is 1. The molecule has 0 saturated carbocycles. The fourth-order valence-electron chi connectivity index (χ4n) is 1.26. The highest BCUT2D eigenvalue weighted by atomic mass is 32.1. The van der Waals surface area contributed by atoms with E-state index in [1.165, 1.54) is 0 Å². The van der Waals surface area contributed by atoms with E-state index in [4.69, 9.17) is 0 Å². The van der Waals surface area contributed by atoms with Crippen molar-refractivity contribution < 1.29 is 4.79 Å². The first kappa shape index (κ1) is 12.1. The van der Waals surface area contributed by atoms with Gasteiger partial charge in [0.05, 0.1) is 0 Å². The summed E-state index contributed by atoms with van der Waals surface area (Å²) in [4.78, 5) is 12.7. The SMILES string of the molecule is Cc1ccc(S)cc1C(=O)NC(C)(C)C. The predicted molar refractivity (Wildman–Crippen MR) is 65.7 cm³/mol. The van der Waals surface area contributed by atoms with Gasteiger partial charge in [0.25, 0.3) is 5.91 Å². The van der Waals surface area contributed by atoms with Crippen LogP contribution in [0.3, 0.4) is 0 Å². The normalized spacial score (nSPS) is 11.3. The second-order valence-corrected chi connectivity index (χ2v) is 5.22. The molecule has 0 aliphatic rings. The lowest BCUT2D eigenvalue weighted by Crippen LogP contribution is -2.40. The van der Waals surface area contributed by atoms with Crippen LogP contribution >= 0.6 is 12.6 Å². The van der Waals surface area contributed by atoms with Crippen molar-refractivity contribution in [2.75, 3.05) is 0 Å². The van der Waals surface area contributed by atoms with Crippen molar-refractivity contribution in [3.05, 3.63) is 29.3 Å². The minimum absolute atomic E-state index is 0.0455. The van der Waals surface area contributed by atoms with Crippen molar-refractivity contribution in [1.29, 1.82) is 0 Å². The molecule has 0 spiro atoms. The highest BCUT2D eigenvalue weighted by molar-refractivity contribution is 7.80. The third kappa shape index (κ3) is 3.59. The average Bonchev–Trinajstić information content (AvgIpc) is 2.06. The van der Waals surface area contributed by atoms with Gasteiger partial charge in [0, 0.05) is 16.0 Å². The summed E-state index contributed by atoms with van der Waals surface area (Å²) in [6.45, 7) is 7.81. The predicted octanol–water partition coefficient (Wildman–Crippen LogP) is 2.81. The lowest BCUT2D eigenvalue weighted by atomic mass is 10.1. The summed E-state index contributed by atoms with van der Waals surface area (Å²) in [5.41, 5.74) is 1.45.